The van der Waals surface area contributed by atoms with Crippen LogP contribution in [0, 0.1) is 0 Å². The molecule has 96 valence electrons. The van der Waals surface area contributed by atoms with Gasteiger partial charge in [0.25, 0.3) is 0 Å². The van der Waals surface area contributed by atoms with Gasteiger partial charge in [-0.15, -0.1) is 0 Å². The molecular weight excluding hydrogens is 214 g/mol. The van der Waals surface area contributed by atoms with Crippen molar-refractivity contribution in [3.05, 3.63) is 0 Å². The van der Waals surface area contributed by atoms with Crippen molar-refractivity contribution in [1.29, 1.82) is 0 Å². The summed E-state index contributed by atoms with van der Waals surface area (Å²) in [7, 11) is 0. The van der Waals surface area contributed by atoms with Crippen LogP contribution in [0.4, 0.5) is 0 Å². The van der Waals surface area contributed by atoms with Crippen molar-refractivity contribution in [3.63, 3.8) is 0 Å². The van der Waals surface area contributed by atoms with Crippen LogP contribution in [0.15, 0.2) is 0 Å². The molecule has 6 nitrogen and oxygen atoms in total. The normalized spacial score (nSPS) is 41.2. The van der Waals surface area contributed by atoms with Crippen LogP contribution in [0.1, 0.15) is 19.8 Å². The number of unbranched alkanes of at least 4 members (excludes halogenated alkanes) is 1. The third-order valence-corrected chi connectivity index (χ3v) is 3.12. The fraction of sp³-hybridized carbons (Fsp3) is 1.00. The third-order valence-electron chi connectivity index (χ3n) is 3.12. The molecule has 16 heavy (non-hydrogen) atoms. The molecule has 1 aliphatic rings. The van der Waals surface area contributed by atoms with Crippen LogP contribution in [0.2, 0.25) is 0 Å². The lowest BCUT2D eigenvalue weighted by Gasteiger charge is -2.46. The SMILES string of the molecule is CCCCN1C(O)[C@H](O)[C@@H](O)[C@@H](O)[C@H]1CO. The lowest BCUT2D eigenvalue weighted by atomic mass is 9.92. The van der Waals surface area contributed by atoms with E-state index in [2.05, 4.69) is 0 Å². The minimum Gasteiger partial charge on any atom is -0.395 e. The molecule has 0 amide bonds. The average Bonchev–Trinajstić information content (AvgIpc) is 2.29. The first kappa shape index (κ1) is 13.8. The first-order chi connectivity index (χ1) is 7.54. The minimum absolute atomic E-state index is 0.369. The highest BCUT2D eigenvalue weighted by atomic mass is 16.4. The van der Waals surface area contributed by atoms with Crippen LogP contribution in [0.5, 0.6) is 0 Å². The number of likely N-dealkylation sites (tertiary alicyclic amines) is 1. The first-order valence-corrected chi connectivity index (χ1v) is 5.63. The van der Waals surface area contributed by atoms with Crippen molar-refractivity contribution in [3.8, 4) is 0 Å². The van der Waals surface area contributed by atoms with Crippen molar-refractivity contribution >= 4 is 0 Å². The van der Waals surface area contributed by atoms with E-state index in [1.807, 2.05) is 6.92 Å². The Morgan fingerprint density at radius 1 is 1.00 bits per heavy atom. The van der Waals surface area contributed by atoms with Gasteiger partial charge in [0.05, 0.1) is 12.6 Å². The van der Waals surface area contributed by atoms with Gasteiger partial charge in [-0.05, 0) is 6.42 Å². The molecule has 0 radical (unpaired) electrons. The maximum Gasteiger partial charge on any atom is 0.136 e. The molecular formula is C10H21NO5. The van der Waals surface area contributed by atoms with E-state index >= 15 is 0 Å². The lowest BCUT2D eigenvalue weighted by molar-refractivity contribution is -0.222. The van der Waals surface area contributed by atoms with Crippen molar-refractivity contribution in [2.45, 2.75) is 50.3 Å². The molecule has 0 aromatic heterocycles. The molecule has 0 bridgehead atoms. The molecule has 1 heterocycles. The molecule has 6 heteroatoms. The summed E-state index contributed by atoms with van der Waals surface area (Å²) in [6, 6.07) is -0.736. The van der Waals surface area contributed by atoms with Crippen LogP contribution in [-0.2, 0) is 0 Å². The summed E-state index contributed by atoms with van der Waals surface area (Å²) in [5, 5.41) is 47.5. The van der Waals surface area contributed by atoms with E-state index in [1.165, 1.54) is 4.90 Å². The predicted molar refractivity (Wildman–Crippen MR) is 56.5 cm³/mol. The maximum absolute atomic E-state index is 9.75. The summed E-state index contributed by atoms with van der Waals surface area (Å²) >= 11 is 0. The fourth-order valence-electron chi connectivity index (χ4n) is 2.05. The summed E-state index contributed by atoms with van der Waals surface area (Å²) in [6.07, 6.45) is -3.65. The summed E-state index contributed by atoms with van der Waals surface area (Å²) < 4.78 is 0. The molecule has 1 rings (SSSR count). The van der Waals surface area contributed by atoms with Crippen molar-refractivity contribution in [1.82, 2.24) is 4.90 Å². The zero-order valence-corrected chi connectivity index (χ0v) is 9.40. The lowest BCUT2D eigenvalue weighted by Crippen LogP contribution is -2.67. The highest BCUT2D eigenvalue weighted by Crippen LogP contribution is 2.23. The van der Waals surface area contributed by atoms with Gasteiger partial charge >= 0.3 is 0 Å². The number of hydrogen-bond acceptors (Lipinski definition) is 6. The van der Waals surface area contributed by atoms with E-state index < -0.39 is 30.6 Å². The Hall–Kier alpha value is -0.240. The zero-order chi connectivity index (χ0) is 12.3. The topological polar surface area (TPSA) is 104 Å². The molecule has 1 unspecified atom stereocenters. The van der Waals surface area contributed by atoms with E-state index in [4.69, 9.17) is 5.11 Å². The molecule has 5 N–H and O–H groups in total. The Balaban J connectivity index is 2.76. The number of nitrogens with zero attached hydrogens (tertiary/aromatic N) is 1. The average molecular weight is 235 g/mol. The predicted octanol–water partition coefficient (Wildman–Crippen LogP) is -2.14. The van der Waals surface area contributed by atoms with Gasteiger partial charge in [-0.3, -0.25) is 4.90 Å². The summed E-state index contributed by atoms with van der Waals surface area (Å²) in [4.78, 5) is 1.44. The summed E-state index contributed by atoms with van der Waals surface area (Å²) in [5.74, 6) is 0. The molecule has 0 spiro atoms. The summed E-state index contributed by atoms with van der Waals surface area (Å²) in [5.41, 5.74) is 0. The standard InChI is InChI=1S/C10H21NO5/c1-2-3-4-11-6(5-12)7(13)8(14)9(15)10(11)16/h6-10,12-16H,2-5H2,1H3/t6-,7+,8+,9-,10?/m1/s1. The second kappa shape index (κ2) is 5.90. The van der Waals surface area contributed by atoms with Gasteiger partial charge in [0, 0.05) is 6.54 Å². The number of aliphatic hydroxyl groups excluding tert-OH is 5. The smallest absolute Gasteiger partial charge is 0.136 e. The van der Waals surface area contributed by atoms with Crippen LogP contribution in [0.3, 0.4) is 0 Å². The van der Waals surface area contributed by atoms with E-state index in [0.717, 1.165) is 12.8 Å². The Morgan fingerprint density at radius 2 is 1.62 bits per heavy atom. The van der Waals surface area contributed by atoms with Gasteiger partial charge in [-0.2, -0.15) is 0 Å². The van der Waals surface area contributed by atoms with Gasteiger partial charge in [-0.25, -0.2) is 0 Å². The van der Waals surface area contributed by atoms with Gasteiger partial charge < -0.3 is 25.5 Å². The van der Waals surface area contributed by atoms with E-state index in [1.54, 1.807) is 0 Å². The molecule has 1 fully saturated rings. The van der Waals surface area contributed by atoms with E-state index in [0.29, 0.717) is 6.54 Å². The van der Waals surface area contributed by atoms with Crippen LogP contribution in [0.25, 0.3) is 0 Å². The van der Waals surface area contributed by atoms with Crippen molar-refractivity contribution < 1.29 is 25.5 Å². The van der Waals surface area contributed by atoms with Crippen LogP contribution >= 0.6 is 0 Å². The molecule has 0 aromatic rings. The quantitative estimate of drug-likeness (QED) is 0.381. The van der Waals surface area contributed by atoms with Crippen molar-refractivity contribution in [2.75, 3.05) is 13.2 Å². The van der Waals surface area contributed by atoms with Crippen LogP contribution < -0.4 is 0 Å². The Kier molecular flexibility index (Phi) is 5.10. The Labute approximate surface area is 94.7 Å². The monoisotopic (exact) mass is 235 g/mol. The first-order valence-electron chi connectivity index (χ1n) is 5.63. The highest BCUT2D eigenvalue weighted by molar-refractivity contribution is 4.96. The largest absolute Gasteiger partial charge is 0.395 e. The molecule has 5 atom stereocenters. The molecule has 0 saturated carbocycles. The van der Waals surface area contributed by atoms with Gasteiger partial charge in [0.15, 0.2) is 0 Å². The van der Waals surface area contributed by atoms with E-state index in [-0.39, 0.29) is 6.61 Å². The zero-order valence-electron chi connectivity index (χ0n) is 9.40. The highest BCUT2D eigenvalue weighted by Gasteiger charge is 2.46. The minimum atomic E-state index is -1.43. The van der Waals surface area contributed by atoms with Crippen LogP contribution in [-0.4, -0.2) is 74.2 Å². The van der Waals surface area contributed by atoms with Gasteiger partial charge in [-0.1, -0.05) is 13.3 Å². The number of rotatable bonds is 4. The Bertz CT molecular complexity index is 215. The molecule has 0 aromatic carbocycles. The molecule has 1 saturated heterocycles. The number of aliphatic hydroxyl groups is 5. The molecule has 0 aliphatic carbocycles. The number of hydrogen-bond donors (Lipinski definition) is 5. The van der Waals surface area contributed by atoms with Gasteiger partial charge in [0.2, 0.25) is 0 Å². The summed E-state index contributed by atoms with van der Waals surface area (Å²) in [6.45, 7) is 2.07. The Morgan fingerprint density at radius 3 is 2.12 bits per heavy atom. The van der Waals surface area contributed by atoms with E-state index in [9.17, 15) is 20.4 Å². The second-order valence-corrected chi connectivity index (χ2v) is 4.23. The third kappa shape index (κ3) is 2.53. The maximum atomic E-state index is 9.75. The molecule has 1 aliphatic heterocycles. The number of piperidine rings is 1. The fourth-order valence-corrected chi connectivity index (χ4v) is 2.05. The van der Waals surface area contributed by atoms with Gasteiger partial charge in [0.1, 0.15) is 24.5 Å². The van der Waals surface area contributed by atoms with Crippen molar-refractivity contribution in [2.24, 2.45) is 0 Å². The second-order valence-electron chi connectivity index (χ2n) is 4.23.